The number of aryl methyl sites for hydroxylation is 1. The number of nitrogens with two attached hydrogens (primary N) is 1. The van der Waals surface area contributed by atoms with Gasteiger partial charge >= 0.3 is 0 Å². The van der Waals surface area contributed by atoms with Gasteiger partial charge < -0.3 is 20.7 Å². The fourth-order valence-corrected chi connectivity index (χ4v) is 1.93. The second-order valence-electron chi connectivity index (χ2n) is 4.46. The SMILES string of the molecule is Cc1cccc(N)c1NC(=O)CN1CCOCC1=O. The van der Waals surface area contributed by atoms with Gasteiger partial charge in [0.05, 0.1) is 18.0 Å². The molecule has 0 aliphatic carbocycles. The van der Waals surface area contributed by atoms with E-state index in [1.54, 1.807) is 6.07 Å². The Hall–Kier alpha value is -2.08. The predicted molar refractivity (Wildman–Crippen MR) is 71.6 cm³/mol. The number of ether oxygens (including phenoxy) is 1. The average molecular weight is 263 g/mol. The zero-order valence-electron chi connectivity index (χ0n) is 10.8. The first kappa shape index (κ1) is 13.4. The van der Waals surface area contributed by atoms with E-state index < -0.39 is 0 Å². The van der Waals surface area contributed by atoms with Crippen molar-refractivity contribution >= 4 is 23.2 Å². The molecule has 0 atom stereocenters. The molecule has 0 unspecified atom stereocenters. The molecule has 6 heteroatoms. The molecule has 0 saturated carbocycles. The summed E-state index contributed by atoms with van der Waals surface area (Å²) >= 11 is 0. The molecule has 1 aromatic rings. The van der Waals surface area contributed by atoms with Crippen LogP contribution in [0.4, 0.5) is 11.4 Å². The van der Waals surface area contributed by atoms with Crippen molar-refractivity contribution in [1.82, 2.24) is 4.90 Å². The Kier molecular flexibility index (Phi) is 4.01. The van der Waals surface area contributed by atoms with Crippen LogP contribution in [0.25, 0.3) is 0 Å². The maximum absolute atomic E-state index is 11.9. The van der Waals surface area contributed by atoms with E-state index in [1.165, 1.54) is 4.90 Å². The van der Waals surface area contributed by atoms with E-state index in [1.807, 2.05) is 19.1 Å². The summed E-state index contributed by atoms with van der Waals surface area (Å²) in [5.41, 5.74) is 7.83. The van der Waals surface area contributed by atoms with Gasteiger partial charge in [0.25, 0.3) is 0 Å². The number of morpholine rings is 1. The Morgan fingerprint density at radius 1 is 1.53 bits per heavy atom. The van der Waals surface area contributed by atoms with Crippen molar-refractivity contribution in [1.29, 1.82) is 0 Å². The third-order valence-electron chi connectivity index (χ3n) is 2.99. The summed E-state index contributed by atoms with van der Waals surface area (Å²) in [4.78, 5) is 24.9. The fraction of sp³-hybridized carbons (Fsp3) is 0.385. The van der Waals surface area contributed by atoms with Gasteiger partial charge in [0.2, 0.25) is 11.8 Å². The fourth-order valence-electron chi connectivity index (χ4n) is 1.93. The number of carbonyl (C=O) groups excluding carboxylic acids is 2. The zero-order valence-corrected chi connectivity index (χ0v) is 10.8. The molecule has 6 nitrogen and oxygen atoms in total. The second-order valence-corrected chi connectivity index (χ2v) is 4.46. The molecule has 0 aromatic heterocycles. The van der Waals surface area contributed by atoms with Gasteiger partial charge in [-0.15, -0.1) is 0 Å². The first-order valence-electron chi connectivity index (χ1n) is 6.08. The number of para-hydroxylation sites is 1. The number of carbonyl (C=O) groups is 2. The van der Waals surface area contributed by atoms with E-state index in [0.717, 1.165) is 5.56 Å². The minimum Gasteiger partial charge on any atom is -0.397 e. The largest absolute Gasteiger partial charge is 0.397 e. The van der Waals surface area contributed by atoms with Crippen molar-refractivity contribution in [2.24, 2.45) is 0 Å². The van der Waals surface area contributed by atoms with Crippen LogP contribution in [-0.2, 0) is 14.3 Å². The minimum absolute atomic E-state index is 0.0238. The van der Waals surface area contributed by atoms with Crippen LogP contribution in [-0.4, -0.2) is 43.0 Å². The van der Waals surface area contributed by atoms with Crippen molar-refractivity contribution in [3.8, 4) is 0 Å². The lowest BCUT2D eigenvalue weighted by atomic mass is 10.1. The molecule has 0 bridgehead atoms. The Morgan fingerprint density at radius 2 is 2.32 bits per heavy atom. The molecule has 0 spiro atoms. The smallest absolute Gasteiger partial charge is 0.249 e. The van der Waals surface area contributed by atoms with Crippen molar-refractivity contribution < 1.29 is 14.3 Å². The van der Waals surface area contributed by atoms with Gasteiger partial charge in [-0.25, -0.2) is 0 Å². The molecule has 0 radical (unpaired) electrons. The summed E-state index contributed by atoms with van der Waals surface area (Å²) in [6, 6.07) is 5.42. The van der Waals surface area contributed by atoms with Crippen LogP contribution in [0.1, 0.15) is 5.56 Å². The lowest BCUT2D eigenvalue weighted by Gasteiger charge is -2.26. The third kappa shape index (κ3) is 3.23. The average Bonchev–Trinajstić information content (AvgIpc) is 2.37. The lowest BCUT2D eigenvalue weighted by Crippen LogP contribution is -2.45. The van der Waals surface area contributed by atoms with Gasteiger partial charge in [-0.1, -0.05) is 12.1 Å². The van der Waals surface area contributed by atoms with Crippen molar-refractivity contribution in [2.75, 3.05) is 37.4 Å². The normalized spacial score (nSPS) is 15.4. The highest BCUT2D eigenvalue weighted by molar-refractivity contribution is 5.97. The number of rotatable bonds is 3. The van der Waals surface area contributed by atoms with Crippen molar-refractivity contribution in [3.05, 3.63) is 23.8 Å². The third-order valence-corrected chi connectivity index (χ3v) is 2.99. The van der Waals surface area contributed by atoms with Crippen molar-refractivity contribution in [3.63, 3.8) is 0 Å². The first-order chi connectivity index (χ1) is 9.08. The number of amides is 2. The van der Waals surface area contributed by atoms with Crippen LogP contribution in [0.15, 0.2) is 18.2 Å². The summed E-state index contributed by atoms with van der Waals surface area (Å²) < 4.78 is 5.01. The van der Waals surface area contributed by atoms with Gasteiger partial charge in [0, 0.05) is 6.54 Å². The van der Waals surface area contributed by atoms with Crippen LogP contribution in [0.3, 0.4) is 0 Å². The molecule has 2 amide bonds. The Morgan fingerprint density at radius 3 is 3.00 bits per heavy atom. The number of benzene rings is 1. The molecule has 1 saturated heterocycles. The monoisotopic (exact) mass is 263 g/mol. The number of hydrogen-bond donors (Lipinski definition) is 2. The number of nitrogen functional groups attached to an aromatic ring is 1. The Bertz CT molecular complexity index is 482. The van der Waals surface area contributed by atoms with Gasteiger partial charge in [-0.3, -0.25) is 9.59 Å². The first-order valence-corrected chi connectivity index (χ1v) is 6.08. The van der Waals surface area contributed by atoms with E-state index >= 15 is 0 Å². The van der Waals surface area contributed by atoms with Crippen molar-refractivity contribution in [2.45, 2.75) is 6.92 Å². The van der Waals surface area contributed by atoms with Crippen LogP contribution in [0.2, 0.25) is 0 Å². The summed E-state index contributed by atoms with van der Waals surface area (Å²) in [5, 5.41) is 2.75. The molecule has 3 N–H and O–H groups in total. The maximum Gasteiger partial charge on any atom is 0.249 e. The molecule has 1 heterocycles. The Balaban J connectivity index is 1.99. The van der Waals surface area contributed by atoms with Gasteiger partial charge in [-0.2, -0.15) is 0 Å². The van der Waals surface area contributed by atoms with Gasteiger partial charge in [0.1, 0.15) is 13.2 Å². The standard InChI is InChI=1S/C13H17N3O3/c1-9-3-2-4-10(14)13(9)15-11(17)7-16-5-6-19-8-12(16)18/h2-4H,5-8,14H2,1H3,(H,15,17). The molecule has 2 rings (SSSR count). The van der Waals surface area contributed by atoms with Crippen LogP contribution in [0, 0.1) is 6.92 Å². The number of anilines is 2. The van der Waals surface area contributed by atoms with E-state index in [0.29, 0.717) is 24.5 Å². The highest BCUT2D eigenvalue weighted by Gasteiger charge is 2.21. The topological polar surface area (TPSA) is 84.7 Å². The molecule has 1 aromatic carbocycles. The molecule has 1 aliphatic rings. The van der Waals surface area contributed by atoms with Crippen LogP contribution >= 0.6 is 0 Å². The Labute approximate surface area is 111 Å². The highest BCUT2D eigenvalue weighted by Crippen LogP contribution is 2.22. The molecule has 1 fully saturated rings. The highest BCUT2D eigenvalue weighted by atomic mass is 16.5. The van der Waals surface area contributed by atoms with E-state index in [9.17, 15) is 9.59 Å². The quantitative estimate of drug-likeness (QED) is 0.772. The summed E-state index contributed by atoms with van der Waals surface area (Å²) in [6.07, 6.45) is 0. The summed E-state index contributed by atoms with van der Waals surface area (Å²) in [5.74, 6) is -0.421. The lowest BCUT2D eigenvalue weighted by molar-refractivity contribution is -0.144. The number of nitrogens with zero attached hydrogens (tertiary/aromatic N) is 1. The van der Waals surface area contributed by atoms with Gasteiger partial charge in [0.15, 0.2) is 0 Å². The molecule has 1 aliphatic heterocycles. The predicted octanol–water partition coefficient (Wildman–Crippen LogP) is 0.375. The second kappa shape index (κ2) is 5.71. The zero-order chi connectivity index (χ0) is 13.8. The summed E-state index contributed by atoms with van der Waals surface area (Å²) in [6.45, 7) is 2.84. The number of nitrogens with one attached hydrogen (secondary N) is 1. The van der Waals surface area contributed by atoms with Crippen LogP contribution < -0.4 is 11.1 Å². The minimum atomic E-state index is -0.253. The van der Waals surface area contributed by atoms with E-state index in [2.05, 4.69) is 5.32 Å². The van der Waals surface area contributed by atoms with Crippen LogP contribution in [0.5, 0.6) is 0 Å². The van der Waals surface area contributed by atoms with E-state index in [4.69, 9.17) is 10.5 Å². The van der Waals surface area contributed by atoms with Gasteiger partial charge in [-0.05, 0) is 18.6 Å². The number of hydrogen-bond acceptors (Lipinski definition) is 4. The maximum atomic E-state index is 11.9. The molecular weight excluding hydrogens is 246 g/mol. The van der Waals surface area contributed by atoms with E-state index in [-0.39, 0.29) is 25.0 Å². The summed E-state index contributed by atoms with van der Waals surface area (Å²) in [7, 11) is 0. The molecular formula is C13H17N3O3. The molecule has 19 heavy (non-hydrogen) atoms. The molecule has 102 valence electrons.